The first-order valence-electron chi connectivity index (χ1n) is 10.8. The topological polar surface area (TPSA) is 102 Å². The van der Waals surface area contributed by atoms with E-state index in [1.807, 2.05) is 0 Å². The molecule has 0 heterocycles. The van der Waals surface area contributed by atoms with E-state index >= 15 is 0 Å². The van der Waals surface area contributed by atoms with E-state index in [1.165, 1.54) is 36.5 Å². The molecule has 2 rings (SSSR count). The Balaban J connectivity index is 2.17. The lowest BCUT2D eigenvalue weighted by molar-refractivity contribution is -0.130. The smallest absolute Gasteiger partial charge is 0.338 e. The quantitative estimate of drug-likeness (QED) is 0.576. The molecule has 0 bridgehead atoms. The number of sulfonamides is 1. The average Bonchev–Trinajstić information content (AvgIpc) is 2.75. The van der Waals surface area contributed by atoms with Crippen LogP contribution in [0.4, 0.5) is 0 Å². The highest BCUT2D eigenvalue weighted by Crippen LogP contribution is 2.28. The van der Waals surface area contributed by atoms with Gasteiger partial charge >= 0.3 is 5.97 Å². The van der Waals surface area contributed by atoms with Gasteiger partial charge in [0.05, 0.1) is 12.7 Å². The second kappa shape index (κ2) is 10.9. The number of rotatable bonds is 9. The summed E-state index contributed by atoms with van der Waals surface area (Å²) >= 11 is 0. The molecule has 1 aromatic carbocycles. The van der Waals surface area contributed by atoms with Crippen LogP contribution >= 0.6 is 0 Å². The summed E-state index contributed by atoms with van der Waals surface area (Å²) in [6.07, 6.45) is 3.22. The molecule has 1 fully saturated rings. The van der Waals surface area contributed by atoms with E-state index in [-0.39, 0.29) is 41.2 Å². The van der Waals surface area contributed by atoms with E-state index < -0.39 is 22.1 Å². The zero-order valence-corrected chi connectivity index (χ0v) is 19.8. The van der Waals surface area contributed by atoms with Crippen LogP contribution in [0.3, 0.4) is 0 Å². The van der Waals surface area contributed by atoms with Gasteiger partial charge in [0.1, 0.15) is 10.6 Å². The Morgan fingerprint density at radius 2 is 1.84 bits per heavy atom. The molecule has 0 aliphatic heterocycles. The van der Waals surface area contributed by atoms with E-state index in [2.05, 4.69) is 12.2 Å². The molecular formula is C22H34N2O6S. The van der Waals surface area contributed by atoms with Crippen molar-refractivity contribution in [3.8, 4) is 5.75 Å². The molecule has 31 heavy (non-hydrogen) atoms. The van der Waals surface area contributed by atoms with Crippen LogP contribution in [0.15, 0.2) is 23.1 Å². The number of carbonyl (C=O) groups excluding carboxylic acids is 2. The number of nitrogens with one attached hydrogen (secondary N) is 1. The van der Waals surface area contributed by atoms with E-state index in [0.29, 0.717) is 5.92 Å². The van der Waals surface area contributed by atoms with Gasteiger partial charge in [-0.1, -0.05) is 33.6 Å². The lowest BCUT2D eigenvalue weighted by Gasteiger charge is -2.30. The number of methoxy groups -OCH3 is 1. The van der Waals surface area contributed by atoms with Gasteiger partial charge in [0, 0.05) is 19.1 Å². The third kappa shape index (κ3) is 5.98. The first-order valence-corrected chi connectivity index (χ1v) is 12.3. The predicted molar refractivity (Wildman–Crippen MR) is 118 cm³/mol. The van der Waals surface area contributed by atoms with Crippen LogP contribution in [0.5, 0.6) is 5.75 Å². The highest BCUT2D eigenvalue weighted by Gasteiger charge is 2.29. The zero-order chi connectivity index (χ0) is 23.2. The SMILES string of the molecule is CCN(CC)S(=O)(=O)c1cc(C(=O)OC(C)C(=O)NC2CCCCC2C)ccc1OC. The normalized spacial score (nSPS) is 20.2. The summed E-state index contributed by atoms with van der Waals surface area (Å²) in [4.78, 5) is 25.0. The molecule has 8 nitrogen and oxygen atoms in total. The monoisotopic (exact) mass is 454 g/mol. The molecule has 1 aliphatic carbocycles. The maximum Gasteiger partial charge on any atom is 0.338 e. The Morgan fingerprint density at radius 3 is 2.42 bits per heavy atom. The minimum atomic E-state index is -3.85. The summed E-state index contributed by atoms with van der Waals surface area (Å²) < 4.78 is 37.7. The minimum Gasteiger partial charge on any atom is -0.495 e. The second-order valence-corrected chi connectivity index (χ2v) is 9.79. The van der Waals surface area contributed by atoms with Gasteiger partial charge in [0.15, 0.2) is 6.10 Å². The molecule has 1 aromatic rings. The van der Waals surface area contributed by atoms with Crippen LogP contribution in [0.25, 0.3) is 0 Å². The average molecular weight is 455 g/mol. The second-order valence-electron chi connectivity index (χ2n) is 7.88. The van der Waals surface area contributed by atoms with Gasteiger partial charge in [-0.25, -0.2) is 13.2 Å². The molecule has 1 amide bonds. The summed E-state index contributed by atoms with van der Waals surface area (Å²) in [7, 11) is -2.48. The molecule has 1 N–H and O–H groups in total. The molecule has 9 heteroatoms. The molecule has 174 valence electrons. The number of benzene rings is 1. The first kappa shape index (κ1) is 25.1. The minimum absolute atomic E-state index is 0.0391. The van der Waals surface area contributed by atoms with Crippen molar-refractivity contribution in [2.45, 2.75) is 70.4 Å². The lowest BCUT2D eigenvalue weighted by Crippen LogP contribution is -2.46. The highest BCUT2D eigenvalue weighted by molar-refractivity contribution is 7.89. The summed E-state index contributed by atoms with van der Waals surface area (Å²) in [5.74, 6) is -0.592. The van der Waals surface area contributed by atoms with Crippen LogP contribution in [-0.4, -0.2) is 56.9 Å². The Bertz CT molecular complexity index is 882. The van der Waals surface area contributed by atoms with E-state index in [4.69, 9.17) is 9.47 Å². The van der Waals surface area contributed by atoms with Crippen molar-refractivity contribution in [2.24, 2.45) is 5.92 Å². The maximum atomic E-state index is 13.0. The van der Waals surface area contributed by atoms with Crippen LogP contribution in [-0.2, 0) is 19.6 Å². The molecule has 0 saturated heterocycles. The maximum absolute atomic E-state index is 13.0. The Morgan fingerprint density at radius 1 is 1.19 bits per heavy atom. The van der Waals surface area contributed by atoms with Crippen LogP contribution < -0.4 is 10.1 Å². The van der Waals surface area contributed by atoms with E-state index in [9.17, 15) is 18.0 Å². The zero-order valence-electron chi connectivity index (χ0n) is 19.0. The molecule has 0 aromatic heterocycles. The number of hydrogen-bond donors (Lipinski definition) is 1. The number of ether oxygens (including phenoxy) is 2. The van der Waals surface area contributed by atoms with Crippen molar-refractivity contribution < 1.29 is 27.5 Å². The van der Waals surface area contributed by atoms with Gasteiger partial charge in [-0.05, 0) is 43.9 Å². The standard InChI is InChI=1S/C22H34N2O6S/c1-6-24(7-2)31(27,28)20-14-17(12-13-19(20)29-5)22(26)30-16(4)21(25)23-18-11-9-8-10-15(18)3/h12-16,18H,6-11H2,1-5H3,(H,23,25). The summed E-state index contributed by atoms with van der Waals surface area (Å²) in [5.41, 5.74) is 0.0391. The first-order chi connectivity index (χ1) is 14.6. The molecule has 0 radical (unpaired) electrons. The Labute approximate surface area is 185 Å². The lowest BCUT2D eigenvalue weighted by atomic mass is 9.86. The summed E-state index contributed by atoms with van der Waals surface area (Å²) in [6.45, 7) is 7.66. The fourth-order valence-corrected chi connectivity index (χ4v) is 5.46. The summed E-state index contributed by atoms with van der Waals surface area (Å²) in [6, 6.07) is 4.16. The van der Waals surface area contributed by atoms with Gasteiger partial charge in [-0.3, -0.25) is 4.79 Å². The Kier molecular flexibility index (Phi) is 8.88. The molecule has 0 spiro atoms. The van der Waals surface area contributed by atoms with Crippen molar-refractivity contribution in [1.82, 2.24) is 9.62 Å². The summed E-state index contributed by atoms with van der Waals surface area (Å²) in [5, 5.41) is 2.97. The number of nitrogens with zero attached hydrogens (tertiary/aromatic N) is 1. The van der Waals surface area contributed by atoms with Gasteiger partial charge < -0.3 is 14.8 Å². The van der Waals surface area contributed by atoms with Crippen LogP contribution in [0.2, 0.25) is 0 Å². The van der Waals surface area contributed by atoms with Crippen LogP contribution in [0, 0.1) is 5.92 Å². The van der Waals surface area contributed by atoms with Crippen LogP contribution in [0.1, 0.15) is 63.7 Å². The highest BCUT2D eigenvalue weighted by atomic mass is 32.2. The largest absolute Gasteiger partial charge is 0.495 e. The van der Waals surface area contributed by atoms with Gasteiger partial charge in [-0.2, -0.15) is 4.31 Å². The number of esters is 1. The molecule has 1 aliphatic rings. The van der Waals surface area contributed by atoms with Crippen molar-refractivity contribution in [3.63, 3.8) is 0 Å². The number of amides is 1. The van der Waals surface area contributed by atoms with Gasteiger partial charge in [0.25, 0.3) is 5.91 Å². The Hall–Kier alpha value is -2.13. The third-order valence-electron chi connectivity index (χ3n) is 5.81. The van der Waals surface area contributed by atoms with Crippen molar-refractivity contribution in [3.05, 3.63) is 23.8 Å². The molecule has 1 saturated carbocycles. The van der Waals surface area contributed by atoms with E-state index in [1.54, 1.807) is 13.8 Å². The van der Waals surface area contributed by atoms with Crippen molar-refractivity contribution >= 4 is 21.9 Å². The number of hydrogen-bond acceptors (Lipinski definition) is 6. The van der Waals surface area contributed by atoms with E-state index in [0.717, 1.165) is 25.7 Å². The molecule has 3 unspecified atom stereocenters. The van der Waals surface area contributed by atoms with Gasteiger partial charge in [0.2, 0.25) is 10.0 Å². The fraction of sp³-hybridized carbons (Fsp3) is 0.636. The predicted octanol–water partition coefficient (Wildman–Crippen LogP) is 2.97. The fourth-order valence-electron chi connectivity index (χ4n) is 3.82. The van der Waals surface area contributed by atoms with Crippen molar-refractivity contribution in [1.29, 1.82) is 0 Å². The third-order valence-corrected chi connectivity index (χ3v) is 7.89. The number of carbonyl (C=O) groups is 2. The molecular weight excluding hydrogens is 420 g/mol. The van der Waals surface area contributed by atoms with Crippen molar-refractivity contribution in [2.75, 3.05) is 20.2 Å². The molecule has 3 atom stereocenters. The van der Waals surface area contributed by atoms with Gasteiger partial charge in [-0.15, -0.1) is 0 Å².